The normalized spacial score (nSPS) is 37.1. The highest BCUT2D eigenvalue weighted by molar-refractivity contribution is 5.66. The van der Waals surface area contributed by atoms with Gasteiger partial charge in [-0.05, 0) is 75.7 Å². The lowest BCUT2D eigenvalue weighted by Crippen LogP contribution is -2.68. The molecule has 5 heteroatoms. The van der Waals surface area contributed by atoms with E-state index in [9.17, 15) is 10.1 Å². The number of para-hydroxylation sites is 2. The summed E-state index contributed by atoms with van der Waals surface area (Å²) in [6.45, 7) is 5.73. The van der Waals surface area contributed by atoms with E-state index in [2.05, 4.69) is 23.6 Å². The smallest absolute Gasteiger partial charge is 0.292 e. The Morgan fingerprint density at radius 1 is 1.00 bits per heavy atom. The molecule has 29 heavy (non-hydrogen) atoms. The van der Waals surface area contributed by atoms with E-state index in [1.54, 1.807) is 12.1 Å². The van der Waals surface area contributed by atoms with E-state index in [1.807, 2.05) is 12.1 Å². The minimum Gasteiger partial charge on any atom is -0.360 e. The molecule has 158 valence electrons. The number of anilines is 1. The Balaban J connectivity index is 1.32. The Bertz CT molecular complexity index is 757. The van der Waals surface area contributed by atoms with Crippen LogP contribution in [0.3, 0.4) is 0 Å². The van der Waals surface area contributed by atoms with Gasteiger partial charge in [0.2, 0.25) is 0 Å². The largest absolute Gasteiger partial charge is 0.360 e. The van der Waals surface area contributed by atoms with Gasteiger partial charge < -0.3 is 4.90 Å². The van der Waals surface area contributed by atoms with Gasteiger partial charge in [0.1, 0.15) is 5.69 Å². The van der Waals surface area contributed by atoms with Crippen LogP contribution < -0.4 is 4.90 Å². The van der Waals surface area contributed by atoms with Crippen molar-refractivity contribution in [3.05, 3.63) is 34.4 Å². The number of hydrogen-bond acceptors (Lipinski definition) is 4. The van der Waals surface area contributed by atoms with Gasteiger partial charge in [0, 0.05) is 36.3 Å². The summed E-state index contributed by atoms with van der Waals surface area (Å²) >= 11 is 0. The molecule has 5 rings (SSSR count). The maximum atomic E-state index is 11.6. The first-order valence-electron chi connectivity index (χ1n) is 11.8. The van der Waals surface area contributed by atoms with Crippen LogP contribution in [0.4, 0.5) is 11.4 Å². The first kappa shape index (κ1) is 19.3. The summed E-state index contributed by atoms with van der Waals surface area (Å²) in [6, 6.07) is 9.50. The molecule has 1 aromatic rings. The molecule has 1 saturated carbocycles. The minimum atomic E-state index is -0.210. The fraction of sp³-hybridized carbons (Fsp3) is 0.750. The number of benzene rings is 1. The summed E-state index contributed by atoms with van der Waals surface area (Å²) in [7, 11) is 0. The molecule has 3 atom stereocenters. The number of nitro groups is 1. The molecule has 0 aromatic heterocycles. The van der Waals surface area contributed by atoms with Gasteiger partial charge in [-0.25, -0.2) is 0 Å². The van der Waals surface area contributed by atoms with E-state index in [1.165, 1.54) is 57.8 Å². The highest BCUT2D eigenvalue weighted by atomic mass is 16.6. The zero-order valence-corrected chi connectivity index (χ0v) is 17.9. The maximum Gasteiger partial charge on any atom is 0.292 e. The van der Waals surface area contributed by atoms with Crippen molar-refractivity contribution in [2.24, 2.45) is 11.8 Å². The molecule has 4 aliphatic rings. The lowest BCUT2D eigenvalue weighted by atomic mass is 9.71. The van der Waals surface area contributed by atoms with Gasteiger partial charge in [0.05, 0.1) is 4.92 Å². The van der Waals surface area contributed by atoms with Gasteiger partial charge in [0.15, 0.2) is 0 Å². The monoisotopic (exact) mass is 397 g/mol. The van der Waals surface area contributed by atoms with E-state index >= 15 is 0 Å². The minimum absolute atomic E-state index is 0.156. The van der Waals surface area contributed by atoms with E-state index in [0.717, 1.165) is 30.1 Å². The standard InChI is InChI=1S/C24H35N3O2/c1-17(2)18-7-9-19(10-8-18)26-20-11-12-21(26)16-24(15-20)13-14-25(24)22-5-3-4-6-23(22)27(28)29/h3-6,17-21H,7-16H2,1-2H3/t18?,19?,20-,21+,24?. The SMILES string of the molecule is CC(C)C1CCC(N2[C@@H]3CC[C@H]2CC2(CCN2c2ccccc2[N+](=O)[O-])C3)CC1. The molecule has 0 radical (unpaired) electrons. The number of fused-ring (bicyclic) bond motifs is 2. The zero-order chi connectivity index (χ0) is 20.2. The van der Waals surface area contributed by atoms with Crippen molar-refractivity contribution in [1.82, 2.24) is 4.90 Å². The summed E-state index contributed by atoms with van der Waals surface area (Å²) < 4.78 is 0. The summed E-state index contributed by atoms with van der Waals surface area (Å²) in [4.78, 5) is 16.7. The van der Waals surface area contributed by atoms with Crippen molar-refractivity contribution >= 4 is 11.4 Å². The third kappa shape index (κ3) is 3.17. The second-order valence-corrected chi connectivity index (χ2v) is 10.4. The van der Waals surface area contributed by atoms with E-state index in [-0.39, 0.29) is 16.1 Å². The molecule has 1 spiro atoms. The van der Waals surface area contributed by atoms with Crippen LogP contribution >= 0.6 is 0 Å². The topological polar surface area (TPSA) is 49.6 Å². The molecule has 1 aliphatic carbocycles. The predicted molar refractivity (Wildman–Crippen MR) is 116 cm³/mol. The second-order valence-electron chi connectivity index (χ2n) is 10.4. The number of rotatable bonds is 4. The average Bonchev–Trinajstić information content (AvgIpc) is 2.97. The Kier molecular flexibility index (Phi) is 4.84. The van der Waals surface area contributed by atoms with Crippen molar-refractivity contribution in [2.45, 2.75) is 95.3 Å². The zero-order valence-electron chi connectivity index (χ0n) is 17.9. The van der Waals surface area contributed by atoms with Gasteiger partial charge in [0.25, 0.3) is 5.69 Å². The lowest BCUT2D eigenvalue weighted by molar-refractivity contribution is -0.384. The molecule has 0 amide bonds. The highest BCUT2D eigenvalue weighted by Gasteiger charge is 2.56. The van der Waals surface area contributed by atoms with Crippen LogP contribution in [-0.2, 0) is 0 Å². The highest BCUT2D eigenvalue weighted by Crippen LogP contribution is 2.53. The Labute approximate surface area is 174 Å². The third-order valence-electron chi connectivity index (χ3n) is 8.76. The predicted octanol–water partition coefficient (Wildman–Crippen LogP) is 5.39. The van der Waals surface area contributed by atoms with E-state index in [4.69, 9.17) is 0 Å². The molecule has 5 nitrogen and oxygen atoms in total. The number of piperidine rings is 1. The Morgan fingerprint density at radius 3 is 2.17 bits per heavy atom. The molecule has 2 bridgehead atoms. The van der Waals surface area contributed by atoms with Gasteiger partial charge >= 0.3 is 0 Å². The summed E-state index contributed by atoms with van der Waals surface area (Å²) in [5.74, 6) is 1.74. The summed E-state index contributed by atoms with van der Waals surface area (Å²) in [5.41, 5.74) is 1.27. The quantitative estimate of drug-likeness (QED) is 0.505. The fourth-order valence-corrected chi connectivity index (χ4v) is 7.21. The molecule has 3 heterocycles. The number of hydrogen-bond donors (Lipinski definition) is 0. The van der Waals surface area contributed by atoms with Crippen molar-refractivity contribution in [3.63, 3.8) is 0 Å². The maximum absolute atomic E-state index is 11.6. The molecular weight excluding hydrogens is 362 g/mol. The van der Waals surface area contributed by atoms with Crippen LogP contribution in [0.1, 0.15) is 71.6 Å². The molecule has 3 aliphatic heterocycles. The van der Waals surface area contributed by atoms with Crippen LogP contribution in [-0.4, -0.2) is 40.0 Å². The van der Waals surface area contributed by atoms with Crippen LogP contribution in [0.15, 0.2) is 24.3 Å². The first-order chi connectivity index (χ1) is 14.0. The second kappa shape index (κ2) is 7.26. The average molecular weight is 398 g/mol. The fourth-order valence-electron chi connectivity index (χ4n) is 7.21. The molecule has 1 unspecified atom stereocenters. The summed E-state index contributed by atoms with van der Waals surface area (Å²) in [6.07, 6.45) is 11.8. The van der Waals surface area contributed by atoms with Crippen LogP contribution in [0.5, 0.6) is 0 Å². The first-order valence-corrected chi connectivity index (χ1v) is 11.8. The van der Waals surface area contributed by atoms with Crippen molar-refractivity contribution in [3.8, 4) is 0 Å². The molecule has 1 aromatic carbocycles. The van der Waals surface area contributed by atoms with E-state index in [0.29, 0.717) is 12.1 Å². The van der Waals surface area contributed by atoms with Crippen LogP contribution in [0.25, 0.3) is 0 Å². The molecule has 4 fully saturated rings. The van der Waals surface area contributed by atoms with Crippen LogP contribution in [0.2, 0.25) is 0 Å². The molecule has 0 N–H and O–H groups in total. The molecule has 3 saturated heterocycles. The van der Waals surface area contributed by atoms with Crippen molar-refractivity contribution < 1.29 is 4.92 Å². The van der Waals surface area contributed by atoms with Crippen molar-refractivity contribution in [1.29, 1.82) is 0 Å². The molecular formula is C24H35N3O2. The Morgan fingerprint density at radius 2 is 1.62 bits per heavy atom. The Hall–Kier alpha value is -1.62. The van der Waals surface area contributed by atoms with Gasteiger partial charge in [-0.3, -0.25) is 15.0 Å². The van der Waals surface area contributed by atoms with Gasteiger partial charge in [-0.1, -0.05) is 26.0 Å². The lowest BCUT2D eigenvalue weighted by Gasteiger charge is -2.60. The third-order valence-corrected chi connectivity index (χ3v) is 8.76. The van der Waals surface area contributed by atoms with Crippen LogP contribution in [0, 0.1) is 22.0 Å². The number of nitro benzene ring substituents is 1. The summed E-state index contributed by atoms with van der Waals surface area (Å²) in [5, 5.41) is 11.6. The van der Waals surface area contributed by atoms with Gasteiger partial charge in [-0.15, -0.1) is 0 Å². The van der Waals surface area contributed by atoms with Gasteiger partial charge in [-0.2, -0.15) is 0 Å². The van der Waals surface area contributed by atoms with Crippen molar-refractivity contribution in [2.75, 3.05) is 11.4 Å². The number of nitrogens with zero attached hydrogens (tertiary/aromatic N) is 3. The van der Waals surface area contributed by atoms with E-state index < -0.39 is 0 Å².